The van der Waals surface area contributed by atoms with Crippen LogP contribution in [0, 0.1) is 0 Å². The van der Waals surface area contributed by atoms with Gasteiger partial charge in [-0.1, -0.05) is 72.8 Å². The summed E-state index contributed by atoms with van der Waals surface area (Å²) in [5.41, 5.74) is 4.18. The Bertz CT molecular complexity index is 1240. The molecule has 1 heterocycles. The van der Waals surface area contributed by atoms with Gasteiger partial charge in [0.05, 0.1) is 11.6 Å². The van der Waals surface area contributed by atoms with Crippen molar-refractivity contribution in [2.45, 2.75) is 12.8 Å². The fourth-order valence-electron chi connectivity index (χ4n) is 4.46. The van der Waals surface area contributed by atoms with Gasteiger partial charge in [-0.05, 0) is 36.2 Å². The standard InChI is InChI=1S/C27H22N2O2/c1-2-29-23-17-16-22(20-14-9-15-21(25(20)23)27(29)31)28-26(30)24(18-10-5-3-6-11-18)19-12-7-4-8-13-19/h3-17,24H,2H2,1H3,(H,28,30). The highest BCUT2D eigenvalue weighted by atomic mass is 16.2. The molecule has 0 atom stereocenters. The lowest BCUT2D eigenvalue weighted by Gasteiger charge is -2.19. The number of nitrogens with one attached hydrogen (secondary N) is 1. The van der Waals surface area contributed by atoms with E-state index in [2.05, 4.69) is 5.32 Å². The van der Waals surface area contributed by atoms with E-state index in [1.165, 1.54) is 0 Å². The van der Waals surface area contributed by atoms with Gasteiger partial charge in [0.25, 0.3) is 5.91 Å². The second-order valence-corrected chi connectivity index (χ2v) is 7.65. The summed E-state index contributed by atoms with van der Waals surface area (Å²) in [4.78, 5) is 28.1. The molecule has 0 aromatic heterocycles. The maximum atomic E-state index is 13.5. The van der Waals surface area contributed by atoms with Gasteiger partial charge in [0.15, 0.2) is 0 Å². The maximum absolute atomic E-state index is 13.5. The molecule has 0 aliphatic carbocycles. The van der Waals surface area contributed by atoms with Crippen LogP contribution >= 0.6 is 0 Å². The molecule has 1 aliphatic rings. The van der Waals surface area contributed by atoms with Crippen molar-refractivity contribution >= 4 is 34.0 Å². The van der Waals surface area contributed by atoms with Crippen LogP contribution in [-0.4, -0.2) is 18.4 Å². The van der Waals surface area contributed by atoms with Crippen LogP contribution in [-0.2, 0) is 4.79 Å². The smallest absolute Gasteiger partial charge is 0.258 e. The Kier molecular flexibility index (Phi) is 4.75. The second kappa shape index (κ2) is 7.73. The number of carbonyl (C=O) groups excluding carboxylic acids is 2. The normalized spacial score (nSPS) is 12.6. The molecule has 4 aromatic rings. The lowest BCUT2D eigenvalue weighted by molar-refractivity contribution is -0.116. The number of nitrogens with zero attached hydrogens (tertiary/aromatic N) is 1. The molecule has 0 bridgehead atoms. The number of hydrogen-bond acceptors (Lipinski definition) is 2. The third-order valence-corrected chi connectivity index (χ3v) is 5.89. The Morgan fingerprint density at radius 2 is 1.48 bits per heavy atom. The van der Waals surface area contributed by atoms with Gasteiger partial charge in [0.2, 0.25) is 5.91 Å². The molecule has 0 unspecified atom stereocenters. The van der Waals surface area contributed by atoms with Gasteiger partial charge in [-0.15, -0.1) is 0 Å². The molecule has 152 valence electrons. The van der Waals surface area contributed by atoms with Crippen molar-refractivity contribution < 1.29 is 9.59 Å². The van der Waals surface area contributed by atoms with Gasteiger partial charge in [0, 0.05) is 28.6 Å². The highest BCUT2D eigenvalue weighted by Crippen LogP contribution is 2.40. The fourth-order valence-corrected chi connectivity index (χ4v) is 4.46. The van der Waals surface area contributed by atoms with E-state index in [0.717, 1.165) is 27.6 Å². The fraction of sp³-hybridized carbons (Fsp3) is 0.111. The van der Waals surface area contributed by atoms with Gasteiger partial charge < -0.3 is 10.2 Å². The molecule has 4 nitrogen and oxygen atoms in total. The summed E-state index contributed by atoms with van der Waals surface area (Å²) >= 11 is 0. The van der Waals surface area contributed by atoms with E-state index in [-0.39, 0.29) is 11.8 Å². The molecule has 31 heavy (non-hydrogen) atoms. The van der Waals surface area contributed by atoms with Gasteiger partial charge in [-0.2, -0.15) is 0 Å². The monoisotopic (exact) mass is 406 g/mol. The second-order valence-electron chi connectivity index (χ2n) is 7.65. The van der Waals surface area contributed by atoms with E-state index in [1.807, 2.05) is 97.9 Å². The molecule has 0 saturated carbocycles. The lowest BCUT2D eigenvalue weighted by Crippen LogP contribution is -2.25. The van der Waals surface area contributed by atoms with Crippen molar-refractivity contribution in [3.63, 3.8) is 0 Å². The first-order valence-corrected chi connectivity index (χ1v) is 10.5. The molecule has 0 radical (unpaired) electrons. The predicted molar refractivity (Wildman–Crippen MR) is 125 cm³/mol. The van der Waals surface area contributed by atoms with Crippen LogP contribution in [0.1, 0.15) is 34.3 Å². The third-order valence-electron chi connectivity index (χ3n) is 5.89. The van der Waals surface area contributed by atoms with E-state index >= 15 is 0 Å². The van der Waals surface area contributed by atoms with E-state index in [9.17, 15) is 9.59 Å². The van der Waals surface area contributed by atoms with E-state index in [4.69, 9.17) is 0 Å². The van der Waals surface area contributed by atoms with E-state index in [0.29, 0.717) is 17.8 Å². The zero-order chi connectivity index (χ0) is 21.4. The number of carbonyl (C=O) groups is 2. The van der Waals surface area contributed by atoms with Crippen LogP contribution in [0.2, 0.25) is 0 Å². The van der Waals surface area contributed by atoms with Crippen LogP contribution in [0.5, 0.6) is 0 Å². The Balaban J connectivity index is 1.57. The zero-order valence-electron chi connectivity index (χ0n) is 17.2. The summed E-state index contributed by atoms with van der Waals surface area (Å²) in [5.74, 6) is -0.521. The Morgan fingerprint density at radius 1 is 0.839 bits per heavy atom. The van der Waals surface area contributed by atoms with Crippen molar-refractivity contribution in [3.8, 4) is 0 Å². The largest absolute Gasteiger partial charge is 0.325 e. The van der Waals surface area contributed by atoms with Crippen LogP contribution in [0.25, 0.3) is 10.8 Å². The summed E-state index contributed by atoms with van der Waals surface area (Å²) in [6.07, 6.45) is 0. The van der Waals surface area contributed by atoms with Gasteiger partial charge in [0.1, 0.15) is 0 Å². The molecule has 1 N–H and O–H groups in total. The molecular formula is C27H22N2O2. The first-order chi connectivity index (χ1) is 15.2. The topological polar surface area (TPSA) is 49.4 Å². The Hall–Kier alpha value is -3.92. The van der Waals surface area contributed by atoms with Crippen molar-refractivity contribution in [3.05, 3.63) is 108 Å². The van der Waals surface area contributed by atoms with Crippen molar-refractivity contribution in [2.75, 3.05) is 16.8 Å². The Labute approximate surface area is 181 Å². The molecule has 4 aromatic carbocycles. The number of rotatable bonds is 5. The van der Waals surface area contributed by atoms with Crippen molar-refractivity contribution in [1.82, 2.24) is 0 Å². The summed E-state index contributed by atoms with van der Waals surface area (Å²) in [6.45, 7) is 2.58. The van der Waals surface area contributed by atoms with E-state index in [1.54, 1.807) is 4.90 Å². The molecule has 1 aliphatic heterocycles. The van der Waals surface area contributed by atoms with E-state index < -0.39 is 5.92 Å². The highest BCUT2D eigenvalue weighted by Gasteiger charge is 2.30. The zero-order valence-corrected chi connectivity index (χ0v) is 17.2. The van der Waals surface area contributed by atoms with Crippen LogP contribution in [0.15, 0.2) is 91.0 Å². The molecular weight excluding hydrogens is 384 g/mol. The first kappa shape index (κ1) is 19.1. The van der Waals surface area contributed by atoms with Crippen molar-refractivity contribution in [1.29, 1.82) is 0 Å². The molecule has 0 spiro atoms. The summed E-state index contributed by atoms with van der Waals surface area (Å²) in [7, 11) is 0. The summed E-state index contributed by atoms with van der Waals surface area (Å²) in [5, 5.41) is 4.93. The minimum atomic E-state index is -0.431. The van der Waals surface area contributed by atoms with Crippen LogP contribution < -0.4 is 10.2 Å². The molecule has 2 amide bonds. The molecule has 4 heteroatoms. The number of benzene rings is 4. The van der Waals surface area contributed by atoms with Gasteiger partial charge in [-0.25, -0.2) is 0 Å². The highest BCUT2D eigenvalue weighted by molar-refractivity contribution is 6.27. The van der Waals surface area contributed by atoms with Gasteiger partial charge >= 0.3 is 0 Å². The number of anilines is 2. The molecule has 5 rings (SSSR count). The predicted octanol–water partition coefficient (Wildman–Crippen LogP) is 5.59. The van der Waals surface area contributed by atoms with Crippen LogP contribution in [0.4, 0.5) is 11.4 Å². The minimum absolute atomic E-state index is 0.0121. The quantitative estimate of drug-likeness (QED) is 0.470. The average molecular weight is 406 g/mol. The summed E-state index contributed by atoms with van der Waals surface area (Å²) in [6, 6.07) is 29.1. The van der Waals surface area contributed by atoms with Crippen LogP contribution in [0.3, 0.4) is 0 Å². The number of amides is 2. The molecule has 0 fully saturated rings. The maximum Gasteiger partial charge on any atom is 0.258 e. The lowest BCUT2D eigenvalue weighted by atomic mass is 9.90. The van der Waals surface area contributed by atoms with Crippen molar-refractivity contribution in [2.24, 2.45) is 0 Å². The van der Waals surface area contributed by atoms with Gasteiger partial charge in [-0.3, -0.25) is 9.59 Å². The number of hydrogen-bond donors (Lipinski definition) is 1. The SMILES string of the molecule is CCN1C(=O)c2cccc3c(NC(=O)C(c4ccccc4)c4ccccc4)ccc1c23. The Morgan fingerprint density at radius 3 is 2.10 bits per heavy atom. The first-order valence-electron chi connectivity index (χ1n) is 10.5. The minimum Gasteiger partial charge on any atom is -0.325 e. The molecule has 0 saturated heterocycles. The third kappa shape index (κ3) is 3.17. The average Bonchev–Trinajstić information content (AvgIpc) is 3.09. The summed E-state index contributed by atoms with van der Waals surface area (Å²) < 4.78 is 0.